The van der Waals surface area contributed by atoms with Crippen molar-refractivity contribution < 1.29 is 9.53 Å². The molecular weight excluding hydrogens is 452 g/mol. The van der Waals surface area contributed by atoms with Gasteiger partial charge in [-0.25, -0.2) is 4.99 Å². The number of hydrogen-bond donors (Lipinski definition) is 0. The minimum Gasteiger partial charge on any atom is -0.489 e. The second-order valence-electron chi connectivity index (χ2n) is 8.35. The van der Waals surface area contributed by atoms with E-state index in [4.69, 9.17) is 9.73 Å². The molecule has 4 aromatic rings. The number of likely N-dealkylation sites (N-methyl/N-ethyl adjacent to an activating group) is 1. The lowest BCUT2D eigenvalue weighted by molar-refractivity contribution is -0.121. The molecule has 4 nitrogen and oxygen atoms in total. The SMILES string of the molecule is CCc1ccccc1N=C1S/C(=C/c2ccc(OCc3cccc4ccccc34)cc2)C(=O)N1C. The Morgan fingerprint density at radius 2 is 1.60 bits per heavy atom. The smallest absolute Gasteiger partial charge is 0.266 e. The Hall–Kier alpha value is -3.83. The molecule has 174 valence electrons. The number of benzene rings is 4. The Labute approximate surface area is 210 Å². The zero-order valence-electron chi connectivity index (χ0n) is 19.8. The van der Waals surface area contributed by atoms with Crippen LogP contribution in [0.15, 0.2) is 101 Å². The van der Waals surface area contributed by atoms with Crippen LogP contribution in [0, 0.1) is 0 Å². The summed E-state index contributed by atoms with van der Waals surface area (Å²) >= 11 is 1.40. The van der Waals surface area contributed by atoms with Crippen molar-refractivity contribution in [2.75, 3.05) is 7.05 Å². The normalized spacial score (nSPS) is 15.9. The van der Waals surface area contributed by atoms with E-state index in [1.165, 1.54) is 22.5 Å². The van der Waals surface area contributed by atoms with Gasteiger partial charge in [-0.1, -0.05) is 79.7 Å². The molecule has 1 aliphatic rings. The summed E-state index contributed by atoms with van der Waals surface area (Å²) in [6.07, 6.45) is 2.80. The molecular formula is C30H26N2O2S. The first-order valence-electron chi connectivity index (χ1n) is 11.7. The molecule has 1 aliphatic heterocycles. The largest absolute Gasteiger partial charge is 0.489 e. The van der Waals surface area contributed by atoms with Crippen molar-refractivity contribution >= 4 is 45.4 Å². The molecule has 0 aromatic heterocycles. The Balaban J connectivity index is 1.29. The van der Waals surface area contributed by atoms with Crippen LogP contribution in [-0.2, 0) is 17.8 Å². The number of carbonyl (C=O) groups is 1. The van der Waals surface area contributed by atoms with E-state index in [1.54, 1.807) is 11.9 Å². The number of aliphatic imine (C=N–C) groups is 1. The standard InChI is InChI=1S/C30H26N2O2S/c1-3-22-9-5-7-14-27(22)31-30-32(2)29(33)28(35-30)19-21-15-17-25(18-16-21)34-20-24-12-8-11-23-10-4-6-13-26(23)24/h4-19H,3,20H2,1-2H3/b28-19+,31-30?. The first kappa shape index (κ1) is 22.9. The van der Waals surface area contributed by atoms with Gasteiger partial charge in [0.1, 0.15) is 12.4 Å². The molecule has 0 spiro atoms. The van der Waals surface area contributed by atoms with Crippen molar-refractivity contribution in [3.05, 3.63) is 113 Å². The topological polar surface area (TPSA) is 41.9 Å². The van der Waals surface area contributed by atoms with Crippen molar-refractivity contribution in [2.45, 2.75) is 20.0 Å². The minimum atomic E-state index is -0.0426. The van der Waals surface area contributed by atoms with Gasteiger partial charge in [0, 0.05) is 7.05 Å². The lowest BCUT2D eigenvalue weighted by Gasteiger charge is -2.09. The molecule has 0 bridgehead atoms. The highest BCUT2D eigenvalue weighted by Gasteiger charge is 2.30. The number of nitrogens with zero attached hydrogens (tertiary/aromatic N) is 2. The molecule has 0 N–H and O–H groups in total. The van der Waals surface area contributed by atoms with Crippen LogP contribution in [0.25, 0.3) is 16.8 Å². The molecule has 1 amide bonds. The highest BCUT2D eigenvalue weighted by atomic mass is 32.2. The molecule has 1 heterocycles. The molecule has 35 heavy (non-hydrogen) atoms. The maximum Gasteiger partial charge on any atom is 0.266 e. The van der Waals surface area contributed by atoms with Crippen LogP contribution in [0.5, 0.6) is 5.75 Å². The summed E-state index contributed by atoms with van der Waals surface area (Å²) in [6.45, 7) is 2.61. The lowest BCUT2D eigenvalue weighted by atomic mass is 10.1. The average Bonchev–Trinajstić information content (AvgIpc) is 3.16. The summed E-state index contributed by atoms with van der Waals surface area (Å²) in [7, 11) is 1.77. The zero-order valence-corrected chi connectivity index (χ0v) is 20.6. The van der Waals surface area contributed by atoms with E-state index in [9.17, 15) is 4.79 Å². The van der Waals surface area contributed by atoms with Gasteiger partial charge in [0.05, 0.1) is 10.6 Å². The van der Waals surface area contributed by atoms with Crippen LogP contribution in [0.1, 0.15) is 23.6 Å². The molecule has 0 radical (unpaired) electrons. The summed E-state index contributed by atoms with van der Waals surface area (Å²) in [4.78, 5) is 19.9. The molecule has 5 rings (SSSR count). The van der Waals surface area contributed by atoms with E-state index in [-0.39, 0.29) is 5.91 Å². The van der Waals surface area contributed by atoms with E-state index in [1.807, 2.05) is 60.7 Å². The van der Waals surface area contributed by atoms with Crippen molar-refractivity contribution in [2.24, 2.45) is 4.99 Å². The highest BCUT2D eigenvalue weighted by molar-refractivity contribution is 8.18. The molecule has 1 saturated heterocycles. The van der Waals surface area contributed by atoms with Crippen LogP contribution in [0.4, 0.5) is 5.69 Å². The number of ether oxygens (including phenoxy) is 1. The van der Waals surface area contributed by atoms with Crippen LogP contribution in [-0.4, -0.2) is 23.0 Å². The Bertz CT molecular complexity index is 1440. The number of carbonyl (C=O) groups excluding carboxylic acids is 1. The van der Waals surface area contributed by atoms with E-state index in [0.717, 1.165) is 34.5 Å². The fraction of sp³-hybridized carbons (Fsp3) is 0.133. The monoisotopic (exact) mass is 478 g/mol. The van der Waals surface area contributed by atoms with Gasteiger partial charge in [0.25, 0.3) is 5.91 Å². The summed E-state index contributed by atoms with van der Waals surface area (Å²) in [5.41, 5.74) is 4.17. The number of amides is 1. The summed E-state index contributed by atoms with van der Waals surface area (Å²) < 4.78 is 6.05. The van der Waals surface area contributed by atoms with Crippen LogP contribution in [0.3, 0.4) is 0 Å². The van der Waals surface area contributed by atoms with Crippen molar-refractivity contribution in [3.8, 4) is 5.75 Å². The third kappa shape index (κ3) is 5.00. The Morgan fingerprint density at radius 1 is 0.886 bits per heavy atom. The van der Waals surface area contributed by atoms with Crippen LogP contribution >= 0.6 is 11.8 Å². The first-order valence-corrected chi connectivity index (χ1v) is 12.5. The number of amidine groups is 1. The van der Waals surface area contributed by atoms with Crippen molar-refractivity contribution in [3.63, 3.8) is 0 Å². The number of para-hydroxylation sites is 1. The van der Waals surface area contributed by atoms with Crippen LogP contribution in [0.2, 0.25) is 0 Å². The van der Waals surface area contributed by atoms with E-state index < -0.39 is 0 Å². The molecule has 5 heteroatoms. The summed E-state index contributed by atoms with van der Waals surface area (Å²) in [6, 6.07) is 30.5. The molecule has 0 unspecified atom stereocenters. The Morgan fingerprint density at radius 3 is 2.43 bits per heavy atom. The predicted octanol–water partition coefficient (Wildman–Crippen LogP) is 7.22. The number of thioether (sulfide) groups is 1. The van der Waals surface area contributed by atoms with Gasteiger partial charge in [-0.3, -0.25) is 9.69 Å². The molecule has 0 atom stereocenters. The Kier molecular flexibility index (Phi) is 6.68. The lowest BCUT2D eigenvalue weighted by Crippen LogP contribution is -2.23. The second kappa shape index (κ2) is 10.2. The van der Waals surface area contributed by atoms with Gasteiger partial charge < -0.3 is 4.74 Å². The van der Waals surface area contributed by atoms with E-state index in [0.29, 0.717) is 16.7 Å². The third-order valence-corrected chi connectivity index (χ3v) is 7.10. The van der Waals surface area contributed by atoms with Gasteiger partial charge in [-0.2, -0.15) is 0 Å². The quantitative estimate of drug-likeness (QED) is 0.275. The molecule has 4 aromatic carbocycles. The van der Waals surface area contributed by atoms with E-state index in [2.05, 4.69) is 43.3 Å². The first-order chi connectivity index (χ1) is 17.1. The van der Waals surface area contributed by atoms with Gasteiger partial charge in [0.2, 0.25) is 0 Å². The molecule has 0 aliphatic carbocycles. The number of rotatable bonds is 6. The summed E-state index contributed by atoms with van der Waals surface area (Å²) in [5.74, 6) is 0.750. The highest BCUT2D eigenvalue weighted by Crippen LogP contribution is 2.34. The minimum absolute atomic E-state index is 0.0426. The van der Waals surface area contributed by atoms with Crippen molar-refractivity contribution in [1.29, 1.82) is 0 Å². The maximum atomic E-state index is 12.8. The van der Waals surface area contributed by atoms with Crippen LogP contribution < -0.4 is 4.74 Å². The zero-order chi connectivity index (χ0) is 24.2. The van der Waals surface area contributed by atoms with Crippen molar-refractivity contribution in [1.82, 2.24) is 4.90 Å². The molecule has 0 saturated carbocycles. The number of aryl methyl sites for hydroxylation is 1. The van der Waals surface area contributed by atoms with Gasteiger partial charge in [0.15, 0.2) is 5.17 Å². The fourth-order valence-corrected chi connectivity index (χ4v) is 5.04. The van der Waals surface area contributed by atoms with E-state index >= 15 is 0 Å². The third-order valence-electron chi connectivity index (χ3n) is 6.04. The summed E-state index contributed by atoms with van der Waals surface area (Å²) in [5, 5.41) is 3.11. The van der Waals surface area contributed by atoms with Gasteiger partial charge >= 0.3 is 0 Å². The fourth-order valence-electron chi connectivity index (χ4n) is 4.06. The predicted molar refractivity (Wildman–Crippen MR) is 146 cm³/mol. The number of hydrogen-bond acceptors (Lipinski definition) is 4. The maximum absolute atomic E-state index is 12.8. The molecule has 1 fully saturated rings. The number of fused-ring (bicyclic) bond motifs is 1. The van der Waals surface area contributed by atoms with Gasteiger partial charge in [-0.15, -0.1) is 0 Å². The second-order valence-corrected chi connectivity index (χ2v) is 9.36. The van der Waals surface area contributed by atoms with Gasteiger partial charge in [-0.05, 0) is 69.9 Å². The average molecular weight is 479 g/mol.